The number of anilines is 1. The molecule has 0 heterocycles. The molecule has 0 amide bonds. The van der Waals surface area contributed by atoms with E-state index in [1.54, 1.807) is 12.1 Å². The lowest BCUT2D eigenvalue weighted by atomic mass is 10.1. The number of aliphatic hydroxyl groups excluding tert-OH is 1. The van der Waals surface area contributed by atoms with Crippen molar-refractivity contribution in [1.82, 2.24) is 0 Å². The van der Waals surface area contributed by atoms with Crippen LogP contribution in [0.2, 0.25) is 15.1 Å². The first kappa shape index (κ1) is 14.5. The molecule has 0 aliphatic heterocycles. The Hall–Kier alpha value is -0.930. The number of nitrogens with one attached hydrogen (secondary N) is 1. The SMILES string of the molecule is OCc1ccccc1NCc1c(Cl)ccc(Cl)c1Cl. The van der Waals surface area contributed by atoms with Crippen molar-refractivity contribution in [2.75, 3.05) is 5.32 Å². The number of aliphatic hydroxyl groups is 1. The third-order valence-electron chi connectivity index (χ3n) is 2.78. The van der Waals surface area contributed by atoms with Crippen LogP contribution in [0.3, 0.4) is 0 Å². The Morgan fingerprint density at radius 2 is 1.63 bits per heavy atom. The molecule has 0 saturated heterocycles. The number of hydrogen-bond acceptors (Lipinski definition) is 2. The van der Waals surface area contributed by atoms with E-state index in [0.29, 0.717) is 21.6 Å². The van der Waals surface area contributed by atoms with E-state index in [2.05, 4.69) is 5.32 Å². The molecule has 0 fully saturated rings. The van der Waals surface area contributed by atoms with Crippen molar-refractivity contribution in [3.8, 4) is 0 Å². The number of hydrogen-bond donors (Lipinski definition) is 2. The molecule has 2 aromatic carbocycles. The van der Waals surface area contributed by atoms with Gasteiger partial charge in [-0.15, -0.1) is 0 Å². The standard InChI is InChI=1S/C14H12Cl3NO/c15-11-5-6-12(16)14(17)10(11)7-18-13-4-2-1-3-9(13)8-19/h1-6,18-19H,7-8H2. The van der Waals surface area contributed by atoms with Crippen LogP contribution >= 0.6 is 34.8 Å². The average molecular weight is 317 g/mol. The van der Waals surface area contributed by atoms with Crippen LogP contribution in [0.1, 0.15) is 11.1 Å². The molecule has 0 atom stereocenters. The summed E-state index contributed by atoms with van der Waals surface area (Å²) in [7, 11) is 0. The van der Waals surface area contributed by atoms with Crippen LogP contribution in [-0.4, -0.2) is 5.11 Å². The van der Waals surface area contributed by atoms with Crippen LogP contribution in [0.4, 0.5) is 5.69 Å². The van der Waals surface area contributed by atoms with Crippen molar-refractivity contribution in [3.63, 3.8) is 0 Å². The first-order valence-corrected chi connectivity index (χ1v) is 6.82. The minimum Gasteiger partial charge on any atom is -0.392 e. The number of benzene rings is 2. The van der Waals surface area contributed by atoms with Crippen LogP contribution in [0.15, 0.2) is 36.4 Å². The summed E-state index contributed by atoms with van der Waals surface area (Å²) in [5.74, 6) is 0. The predicted octanol–water partition coefficient (Wildman–Crippen LogP) is 4.75. The maximum atomic E-state index is 9.26. The van der Waals surface area contributed by atoms with Gasteiger partial charge in [-0.2, -0.15) is 0 Å². The van der Waals surface area contributed by atoms with Crippen molar-refractivity contribution in [1.29, 1.82) is 0 Å². The molecule has 0 unspecified atom stereocenters. The summed E-state index contributed by atoms with van der Waals surface area (Å²) in [5, 5.41) is 13.9. The monoisotopic (exact) mass is 315 g/mol. The van der Waals surface area contributed by atoms with E-state index in [1.807, 2.05) is 24.3 Å². The summed E-state index contributed by atoms with van der Waals surface area (Å²) in [4.78, 5) is 0. The van der Waals surface area contributed by atoms with E-state index in [-0.39, 0.29) is 6.61 Å². The maximum absolute atomic E-state index is 9.26. The Morgan fingerprint density at radius 3 is 2.37 bits per heavy atom. The molecule has 2 N–H and O–H groups in total. The van der Waals surface area contributed by atoms with Gasteiger partial charge in [0.25, 0.3) is 0 Å². The first-order valence-electron chi connectivity index (χ1n) is 5.68. The topological polar surface area (TPSA) is 32.3 Å². The largest absolute Gasteiger partial charge is 0.392 e. The molecule has 2 aromatic rings. The van der Waals surface area contributed by atoms with E-state index in [9.17, 15) is 5.11 Å². The van der Waals surface area contributed by atoms with E-state index >= 15 is 0 Å². The summed E-state index contributed by atoms with van der Waals surface area (Å²) < 4.78 is 0. The molecule has 0 aliphatic rings. The molecule has 5 heteroatoms. The maximum Gasteiger partial charge on any atom is 0.0701 e. The Labute approximate surface area is 126 Å². The van der Waals surface area contributed by atoms with E-state index < -0.39 is 0 Å². The summed E-state index contributed by atoms with van der Waals surface area (Å²) in [5.41, 5.74) is 2.40. The van der Waals surface area contributed by atoms with Gasteiger partial charge < -0.3 is 10.4 Å². The van der Waals surface area contributed by atoms with Crippen LogP contribution in [0.25, 0.3) is 0 Å². The lowest BCUT2D eigenvalue weighted by Gasteiger charge is -2.13. The first-order chi connectivity index (χ1) is 9.13. The Kier molecular flexibility index (Phi) is 4.94. The molecule has 0 spiro atoms. The van der Waals surface area contributed by atoms with E-state index in [1.165, 1.54) is 0 Å². The van der Waals surface area contributed by atoms with Crippen molar-refractivity contribution in [2.45, 2.75) is 13.2 Å². The van der Waals surface area contributed by atoms with Gasteiger partial charge in [0.1, 0.15) is 0 Å². The molecule has 2 rings (SSSR count). The second kappa shape index (κ2) is 6.49. The van der Waals surface area contributed by atoms with Gasteiger partial charge in [-0.1, -0.05) is 53.0 Å². The molecular weight excluding hydrogens is 305 g/mol. The molecule has 0 saturated carbocycles. The highest BCUT2D eigenvalue weighted by Gasteiger charge is 2.10. The molecule has 19 heavy (non-hydrogen) atoms. The lowest BCUT2D eigenvalue weighted by molar-refractivity contribution is 0.282. The highest BCUT2D eigenvalue weighted by Crippen LogP contribution is 2.32. The fraction of sp³-hybridized carbons (Fsp3) is 0.143. The molecule has 0 aromatic heterocycles. The molecular formula is C14H12Cl3NO. The van der Waals surface area contributed by atoms with Gasteiger partial charge in [0.15, 0.2) is 0 Å². The van der Waals surface area contributed by atoms with Gasteiger partial charge in [-0.05, 0) is 18.2 Å². The van der Waals surface area contributed by atoms with Crippen molar-refractivity contribution in [2.24, 2.45) is 0 Å². The van der Waals surface area contributed by atoms with Crippen molar-refractivity contribution >= 4 is 40.5 Å². The highest BCUT2D eigenvalue weighted by molar-refractivity contribution is 6.44. The Bertz CT molecular complexity index is 587. The van der Waals surface area contributed by atoms with Crippen molar-refractivity contribution in [3.05, 3.63) is 62.6 Å². The number of halogens is 3. The lowest BCUT2D eigenvalue weighted by Crippen LogP contribution is -2.03. The molecule has 0 bridgehead atoms. The van der Waals surface area contributed by atoms with Gasteiger partial charge in [-0.3, -0.25) is 0 Å². The zero-order valence-corrected chi connectivity index (χ0v) is 12.2. The number of rotatable bonds is 4. The molecule has 0 aliphatic carbocycles. The quantitative estimate of drug-likeness (QED) is 0.798. The summed E-state index contributed by atoms with van der Waals surface area (Å²) in [6, 6.07) is 10.9. The third kappa shape index (κ3) is 3.34. The predicted molar refractivity (Wildman–Crippen MR) is 81.2 cm³/mol. The third-order valence-corrected chi connectivity index (χ3v) is 3.98. The minimum absolute atomic E-state index is 0.0276. The van der Waals surface area contributed by atoms with Gasteiger partial charge in [0.2, 0.25) is 0 Å². The normalized spacial score (nSPS) is 10.5. The zero-order chi connectivity index (χ0) is 13.8. The van der Waals surface area contributed by atoms with Crippen LogP contribution in [0.5, 0.6) is 0 Å². The average Bonchev–Trinajstić information content (AvgIpc) is 2.43. The van der Waals surface area contributed by atoms with E-state index in [4.69, 9.17) is 34.8 Å². The van der Waals surface area contributed by atoms with Gasteiger partial charge in [-0.25, -0.2) is 0 Å². The van der Waals surface area contributed by atoms with Crippen molar-refractivity contribution < 1.29 is 5.11 Å². The smallest absolute Gasteiger partial charge is 0.0701 e. The fourth-order valence-corrected chi connectivity index (χ4v) is 2.43. The second-order valence-electron chi connectivity index (χ2n) is 3.99. The molecule has 100 valence electrons. The van der Waals surface area contributed by atoms with Crippen LogP contribution in [-0.2, 0) is 13.2 Å². The van der Waals surface area contributed by atoms with Crippen LogP contribution < -0.4 is 5.32 Å². The van der Waals surface area contributed by atoms with Gasteiger partial charge in [0.05, 0.1) is 16.7 Å². The fourth-order valence-electron chi connectivity index (χ4n) is 1.75. The second-order valence-corrected chi connectivity index (χ2v) is 5.18. The Morgan fingerprint density at radius 1 is 0.947 bits per heavy atom. The zero-order valence-electron chi connectivity index (χ0n) is 9.96. The highest BCUT2D eigenvalue weighted by atomic mass is 35.5. The molecule has 0 radical (unpaired) electrons. The minimum atomic E-state index is -0.0276. The van der Waals surface area contributed by atoms with Gasteiger partial charge in [0, 0.05) is 28.4 Å². The summed E-state index contributed by atoms with van der Waals surface area (Å²) >= 11 is 18.2. The Balaban J connectivity index is 2.21. The summed E-state index contributed by atoms with van der Waals surface area (Å²) in [6.07, 6.45) is 0. The summed E-state index contributed by atoms with van der Waals surface area (Å²) in [6.45, 7) is 0.412. The molecule has 2 nitrogen and oxygen atoms in total. The van der Waals surface area contributed by atoms with Gasteiger partial charge >= 0.3 is 0 Å². The van der Waals surface area contributed by atoms with E-state index in [0.717, 1.165) is 16.8 Å². The van der Waals surface area contributed by atoms with Crippen LogP contribution in [0, 0.1) is 0 Å². The number of para-hydroxylation sites is 1.